The number of piperidine rings is 1. The number of hydrogen-bond donors (Lipinski definition) is 4. The topological polar surface area (TPSA) is 180 Å². The van der Waals surface area contributed by atoms with Crippen molar-refractivity contribution in [1.29, 1.82) is 5.41 Å². The molecule has 1 aliphatic carbocycles. The van der Waals surface area contributed by atoms with Crippen LogP contribution in [0.1, 0.15) is 56.3 Å². The van der Waals surface area contributed by atoms with Gasteiger partial charge in [-0.05, 0) is 56.0 Å². The fourth-order valence-electron chi connectivity index (χ4n) is 5.80. The van der Waals surface area contributed by atoms with Crippen LogP contribution in [0, 0.1) is 5.41 Å². The van der Waals surface area contributed by atoms with Gasteiger partial charge in [-0.1, -0.05) is 19.3 Å². The van der Waals surface area contributed by atoms with Gasteiger partial charge in [0.05, 0.1) is 17.6 Å². The van der Waals surface area contributed by atoms with Crippen LogP contribution in [-0.4, -0.2) is 73.6 Å². The van der Waals surface area contributed by atoms with Gasteiger partial charge in [-0.25, -0.2) is 14.6 Å². The molecule has 3 aromatic rings. The van der Waals surface area contributed by atoms with E-state index in [2.05, 4.69) is 15.2 Å². The van der Waals surface area contributed by atoms with Crippen molar-refractivity contribution >= 4 is 65.2 Å². The number of amides is 1. The zero-order valence-electron chi connectivity index (χ0n) is 24.2. The number of carboxylic acid groups (broad SMARTS) is 1. The van der Waals surface area contributed by atoms with E-state index in [0.717, 1.165) is 31.4 Å². The van der Waals surface area contributed by atoms with E-state index in [-0.39, 0.29) is 61.7 Å². The molecule has 5 N–H and O–H groups in total. The Morgan fingerprint density at radius 2 is 1.73 bits per heavy atom. The molecule has 5 rings (SSSR count). The van der Waals surface area contributed by atoms with Crippen molar-refractivity contribution in [3.63, 3.8) is 0 Å². The van der Waals surface area contributed by atoms with Crippen LogP contribution in [0.15, 0.2) is 42.7 Å². The first-order valence-corrected chi connectivity index (χ1v) is 14.3. The van der Waals surface area contributed by atoms with Crippen molar-refractivity contribution in [1.82, 2.24) is 24.9 Å². The Hall–Kier alpha value is -3.94. The van der Waals surface area contributed by atoms with Crippen LogP contribution >= 0.6 is 24.8 Å². The van der Waals surface area contributed by atoms with Crippen LogP contribution in [-0.2, 0) is 32.3 Å². The van der Waals surface area contributed by atoms with Gasteiger partial charge in [-0.3, -0.25) is 15.2 Å². The summed E-state index contributed by atoms with van der Waals surface area (Å²) in [4.78, 5) is 53.2. The third-order valence-corrected chi connectivity index (χ3v) is 7.98. The fourth-order valence-corrected chi connectivity index (χ4v) is 5.80. The Morgan fingerprint density at radius 3 is 2.36 bits per heavy atom. The molecule has 0 unspecified atom stereocenters. The van der Waals surface area contributed by atoms with Gasteiger partial charge in [-0.2, -0.15) is 0 Å². The molecule has 15 heteroatoms. The summed E-state index contributed by atoms with van der Waals surface area (Å²) in [7, 11) is 0. The van der Waals surface area contributed by atoms with Gasteiger partial charge in [0.25, 0.3) is 0 Å². The maximum Gasteiger partial charge on any atom is 0.436 e. The van der Waals surface area contributed by atoms with Gasteiger partial charge in [0.1, 0.15) is 18.2 Å². The normalized spacial score (nSPS) is 15.7. The van der Waals surface area contributed by atoms with Gasteiger partial charge in [0.15, 0.2) is 0 Å². The summed E-state index contributed by atoms with van der Waals surface area (Å²) in [6, 6.07) is 8.85. The Kier molecular flexibility index (Phi) is 12.3. The lowest BCUT2D eigenvalue weighted by Gasteiger charge is -2.37. The Balaban J connectivity index is 0.00000264. The average Bonchev–Trinajstić information content (AvgIpc) is 3.33. The molecule has 44 heavy (non-hydrogen) atoms. The van der Waals surface area contributed by atoms with E-state index in [1.807, 2.05) is 12.1 Å². The number of carboxylic acids is 1. The number of carbonyl (C=O) groups is 3. The van der Waals surface area contributed by atoms with E-state index in [0.29, 0.717) is 48.4 Å². The number of nitrogens with one attached hydrogen (secondary N) is 2. The van der Waals surface area contributed by atoms with E-state index in [4.69, 9.17) is 21.0 Å². The molecule has 3 heterocycles. The molecule has 13 nitrogen and oxygen atoms in total. The Labute approximate surface area is 267 Å². The molecular formula is C29H38Cl2N8O5. The quantitative estimate of drug-likeness (QED) is 0.117. The number of carbonyl (C=O) groups excluding carboxylic acids is 2. The number of nitrogens with two attached hydrogens (primary N) is 1. The number of imidazole rings is 1. The molecule has 1 saturated carbocycles. The summed E-state index contributed by atoms with van der Waals surface area (Å²) in [6.07, 6.45) is 9.91. The molecule has 1 amide bonds. The predicted octanol–water partition coefficient (Wildman–Crippen LogP) is 3.02. The minimum Gasteiger partial charge on any atom is -0.473 e. The van der Waals surface area contributed by atoms with E-state index < -0.39 is 11.9 Å². The van der Waals surface area contributed by atoms with Crippen molar-refractivity contribution in [3.05, 3.63) is 54.1 Å². The zero-order valence-corrected chi connectivity index (χ0v) is 25.8. The molecule has 1 aromatic carbocycles. The summed E-state index contributed by atoms with van der Waals surface area (Å²) in [5, 5.41) is 21.6. The first-order valence-electron chi connectivity index (χ1n) is 14.3. The molecule has 0 spiro atoms. The molecular weight excluding hydrogens is 611 g/mol. The molecule has 1 aliphatic heterocycles. The smallest absolute Gasteiger partial charge is 0.436 e. The van der Waals surface area contributed by atoms with Gasteiger partial charge in [0, 0.05) is 48.8 Å². The minimum absolute atomic E-state index is 0. The molecule has 238 valence electrons. The van der Waals surface area contributed by atoms with E-state index >= 15 is 0 Å². The van der Waals surface area contributed by atoms with Gasteiger partial charge < -0.3 is 30.5 Å². The van der Waals surface area contributed by atoms with Gasteiger partial charge in [-0.15, -0.1) is 29.9 Å². The van der Waals surface area contributed by atoms with Crippen molar-refractivity contribution in [2.75, 3.05) is 18.0 Å². The summed E-state index contributed by atoms with van der Waals surface area (Å²) in [5.74, 6) is -2.91. The van der Waals surface area contributed by atoms with Crippen LogP contribution in [0.5, 0.6) is 0 Å². The zero-order chi connectivity index (χ0) is 29.6. The highest BCUT2D eigenvalue weighted by molar-refractivity contribution is 6.28. The Bertz CT molecular complexity index is 1460. The van der Waals surface area contributed by atoms with Crippen molar-refractivity contribution in [2.45, 2.75) is 70.1 Å². The summed E-state index contributed by atoms with van der Waals surface area (Å²) in [5.41, 5.74) is 8.41. The maximum absolute atomic E-state index is 13.2. The molecule has 0 radical (unpaired) electrons. The lowest BCUT2D eigenvalue weighted by atomic mass is 9.95. The second kappa shape index (κ2) is 15.7. The third kappa shape index (κ3) is 8.36. The number of fused-ring (bicyclic) bond motifs is 1. The van der Waals surface area contributed by atoms with Crippen LogP contribution < -0.4 is 16.0 Å². The van der Waals surface area contributed by atoms with Gasteiger partial charge in [0.2, 0.25) is 5.91 Å². The average molecular weight is 650 g/mol. The first-order chi connectivity index (χ1) is 20.3. The number of amidine groups is 1. The van der Waals surface area contributed by atoms with Crippen LogP contribution in [0.4, 0.5) is 5.69 Å². The lowest BCUT2D eigenvalue weighted by Crippen LogP contribution is -2.46. The van der Waals surface area contributed by atoms with Crippen LogP contribution in [0.3, 0.4) is 0 Å². The van der Waals surface area contributed by atoms with E-state index in [1.54, 1.807) is 35.2 Å². The van der Waals surface area contributed by atoms with Crippen molar-refractivity contribution in [2.24, 2.45) is 5.73 Å². The van der Waals surface area contributed by atoms with Crippen molar-refractivity contribution in [3.8, 4) is 0 Å². The largest absolute Gasteiger partial charge is 0.473 e. The highest BCUT2D eigenvalue weighted by Crippen LogP contribution is 2.26. The number of hydrogen-bond acceptors (Lipinski definition) is 9. The predicted molar refractivity (Wildman–Crippen MR) is 169 cm³/mol. The number of nitrogen functional groups attached to an aromatic ring is 1. The monoisotopic (exact) mass is 648 g/mol. The highest BCUT2D eigenvalue weighted by atomic mass is 35.5. The van der Waals surface area contributed by atoms with Crippen molar-refractivity contribution < 1.29 is 24.3 Å². The summed E-state index contributed by atoms with van der Waals surface area (Å²) in [6.45, 7) is 1.29. The molecule has 2 fully saturated rings. The van der Waals surface area contributed by atoms with E-state index in [1.165, 1.54) is 11.5 Å². The SMILES string of the molecule is Cl.Cl.N=C(N)c1ccc2c(c1)nc(CN(OC(=O)C(=O)O)C1CCN(c3ccncc3)CC1)n2CC(=O)NC1CCCCC1. The number of anilines is 1. The summed E-state index contributed by atoms with van der Waals surface area (Å²) < 4.78 is 1.76. The number of aromatic nitrogens is 3. The highest BCUT2D eigenvalue weighted by Gasteiger charge is 2.31. The molecule has 0 bridgehead atoms. The fraction of sp³-hybridized carbons (Fsp3) is 0.448. The number of nitrogens with zero attached hydrogens (tertiary/aromatic N) is 5. The molecule has 0 atom stereocenters. The van der Waals surface area contributed by atoms with Crippen LogP contribution in [0.2, 0.25) is 0 Å². The standard InChI is InChI=1S/C29H36N8O5.2ClH/c30-27(31)19-6-7-24-23(16-19)34-25(36(24)18-26(38)33-20-4-2-1-3-5-20)17-37(42-29(41)28(39)40)22-10-14-35(15-11-22)21-8-12-32-13-9-21;;/h6-9,12-13,16,20,22H,1-5,10-11,14-15,17-18H2,(H3,30,31)(H,33,38)(H,39,40);2*1H. The number of pyridine rings is 1. The number of rotatable bonds is 9. The number of hydroxylamine groups is 2. The minimum atomic E-state index is -1.69. The number of aliphatic carboxylic acids is 1. The Morgan fingerprint density at radius 1 is 1.05 bits per heavy atom. The second-order valence-corrected chi connectivity index (χ2v) is 10.8. The first kappa shape index (κ1) is 34.5. The van der Waals surface area contributed by atoms with Crippen LogP contribution in [0.25, 0.3) is 11.0 Å². The summed E-state index contributed by atoms with van der Waals surface area (Å²) >= 11 is 0. The maximum atomic E-state index is 13.2. The van der Waals surface area contributed by atoms with Gasteiger partial charge >= 0.3 is 11.9 Å². The second-order valence-electron chi connectivity index (χ2n) is 10.8. The number of benzene rings is 1. The molecule has 1 saturated heterocycles. The third-order valence-electron chi connectivity index (χ3n) is 7.98. The molecule has 2 aliphatic rings. The van der Waals surface area contributed by atoms with E-state index in [9.17, 15) is 19.5 Å². The number of halogens is 2. The lowest BCUT2D eigenvalue weighted by molar-refractivity contribution is -0.213. The molecule has 2 aromatic heterocycles.